The van der Waals surface area contributed by atoms with Crippen molar-refractivity contribution in [1.29, 1.82) is 0 Å². The third kappa shape index (κ3) is 2.96. The summed E-state index contributed by atoms with van der Waals surface area (Å²) in [4.78, 5) is 0. The normalized spacial score (nSPS) is 20.2. The Morgan fingerprint density at radius 3 is 3.06 bits per heavy atom. The molecule has 0 aliphatic heterocycles. The third-order valence-corrected chi connectivity index (χ3v) is 4.24. The van der Waals surface area contributed by atoms with Crippen molar-refractivity contribution in [2.75, 3.05) is 12.0 Å². The Morgan fingerprint density at radius 2 is 2.35 bits per heavy atom. The Hall–Kier alpha value is -0.670. The summed E-state index contributed by atoms with van der Waals surface area (Å²) in [6, 6.07) is 6.85. The molecule has 94 valence electrons. The fourth-order valence-electron chi connectivity index (χ4n) is 2.55. The predicted molar refractivity (Wildman–Crippen MR) is 74.8 cm³/mol. The molecule has 0 heterocycles. The fraction of sp³-hybridized carbons (Fsp3) is 0.571. The molecular formula is C14H21NOS. The average molecular weight is 251 g/mol. The minimum atomic E-state index is 0.389. The van der Waals surface area contributed by atoms with E-state index in [1.54, 1.807) is 6.07 Å². The van der Waals surface area contributed by atoms with Crippen LogP contribution in [0.4, 0.5) is 0 Å². The molecule has 1 aromatic carbocycles. The first-order chi connectivity index (χ1) is 8.24. The average Bonchev–Trinajstić information content (AvgIpc) is 2.71. The van der Waals surface area contributed by atoms with Crippen LogP contribution in [0.15, 0.2) is 18.2 Å². The predicted octanol–water partition coefficient (Wildman–Crippen LogP) is 3.11. The lowest BCUT2D eigenvalue weighted by Gasteiger charge is -2.22. The van der Waals surface area contributed by atoms with Gasteiger partial charge in [0.25, 0.3) is 0 Å². The number of phenols is 1. The zero-order chi connectivity index (χ0) is 12.3. The monoisotopic (exact) mass is 251 g/mol. The summed E-state index contributed by atoms with van der Waals surface area (Å²) in [5, 5.41) is 13.2. The van der Waals surface area contributed by atoms with Crippen LogP contribution < -0.4 is 5.32 Å². The topological polar surface area (TPSA) is 32.3 Å². The summed E-state index contributed by atoms with van der Waals surface area (Å²) in [5.41, 5.74) is 2.68. The van der Waals surface area contributed by atoms with Gasteiger partial charge in [0.2, 0.25) is 0 Å². The molecule has 3 heteroatoms. The molecule has 2 rings (SSSR count). The van der Waals surface area contributed by atoms with E-state index < -0.39 is 0 Å². The number of phenolic OH excluding ortho intramolecular Hbond substituents is 1. The minimum Gasteiger partial charge on any atom is -0.508 e. The molecule has 1 aliphatic carbocycles. The van der Waals surface area contributed by atoms with E-state index in [0.29, 0.717) is 17.8 Å². The van der Waals surface area contributed by atoms with Crippen molar-refractivity contribution >= 4 is 11.8 Å². The second-order valence-corrected chi connectivity index (χ2v) is 5.61. The van der Waals surface area contributed by atoms with E-state index in [4.69, 9.17) is 0 Å². The number of thioether (sulfide) groups is 1. The highest BCUT2D eigenvalue weighted by atomic mass is 32.2. The molecule has 0 fully saturated rings. The number of hydrogen-bond donors (Lipinski definition) is 2. The molecule has 17 heavy (non-hydrogen) atoms. The molecule has 0 radical (unpaired) electrons. The number of benzene rings is 1. The first-order valence-electron chi connectivity index (χ1n) is 6.31. The van der Waals surface area contributed by atoms with Crippen LogP contribution in [-0.4, -0.2) is 23.2 Å². The van der Waals surface area contributed by atoms with Gasteiger partial charge in [0, 0.05) is 17.8 Å². The fourth-order valence-corrected chi connectivity index (χ4v) is 3.28. The van der Waals surface area contributed by atoms with Crippen LogP contribution in [0.2, 0.25) is 0 Å². The summed E-state index contributed by atoms with van der Waals surface area (Å²) < 4.78 is 0. The number of fused-ring (bicyclic) bond motifs is 1. The Balaban J connectivity index is 2.06. The van der Waals surface area contributed by atoms with Gasteiger partial charge in [-0.2, -0.15) is 11.8 Å². The van der Waals surface area contributed by atoms with Crippen molar-refractivity contribution in [3.05, 3.63) is 29.3 Å². The maximum atomic E-state index is 9.47. The Bertz CT molecular complexity index is 380. The van der Waals surface area contributed by atoms with Crippen LogP contribution in [0.1, 0.15) is 36.9 Å². The highest BCUT2D eigenvalue weighted by Gasteiger charge is 2.24. The molecule has 0 aromatic heterocycles. The summed E-state index contributed by atoms with van der Waals surface area (Å²) in [5.74, 6) is 1.56. The SMILES string of the molecule is CCC(CSC)NC1CCc2cc(O)ccc21. The van der Waals surface area contributed by atoms with Crippen LogP contribution in [-0.2, 0) is 6.42 Å². The summed E-state index contributed by atoms with van der Waals surface area (Å²) >= 11 is 1.90. The maximum Gasteiger partial charge on any atom is 0.115 e. The second kappa shape index (κ2) is 5.78. The van der Waals surface area contributed by atoms with Gasteiger partial charge in [0.15, 0.2) is 0 Å². The molecule has 1 aliphatic rings. The van der Waals surface area contributed by atoms with Crippen molar-refractivity contribution in [1.82, 2.24) is 5.32 Å². The number of nitrogens with one attached hydrogen (secondary N) is 1. The number of aromatic hydroxyl groups is 1. The third-order valence-electron chi connectivity index (χ3n) is 3.50. The van der Waals surface area contributed by atoms with Crippen LogP contribution in [0.3, 0.4) is 0 Å². The number of rotatable bonds is 5. The van der Waals surface area contributed by atoms with Gasteiger partial charge >= 0.3 is 0 Å². The van der Waals surface area contributed by atoms with Crippen molar-refractivity contribution in [2.24, 2.45) is 0 Å². The van der Waals surface area contributed by atoms with E-state index >= 15 is 0 Å². The van der Waals surface area contributed by atoms with Crippen LogP contribution in [0.5, 0.6) is 5.75 Å². The zero-order valence-electron chi connectivity index (χ0n) is 10.6. The molecule has 0 saturated heterocycles. The molecule has 2 unspecified atom stereocenters. The number of aryl methyl sites for hydroxylation is 1. The smallest absolute Gasteiger partial charge is 0.115 e. The maximum absolute atomic E-state index is 9.47. The highest BCUT2D eigenvalue weighted by Crippen LogP contribution is 2.33. The lowest BCUT2D eigenvalue weighted by molar-refractivity contribution is 0.449. The molecule has 2 N–H and O–H groups in total. The molecule has 0 saturated carbocycles. The van der Waals surface area contributed by atoms with Gasteiger partial charge < -0.3 is 10.4 Å². The van der Waals surface area contributed by atoms with Crippen molar-refractivity contribution < 1.29 is 5.11 Å². The molecule has 0 spiro atoms. The molecule has 1 aromatic rings. The van der Waals surface area contributed by atoms with Crippen molar-refractivity contribution in [2.45, 2.75) is 38.3 Å². The quantitative estimate of drug-likeness (QED) is 0.843. The van der Waals surface area contributed by atoms with E-state index in [9.17, 15) is 5.11 Å². The molecule has 0 bridgehead atoms. The van der Waals surface area contributed by atoms with E-state index in [-0.39, 0.29) is 0 Å². The summed E-state index contributed by atoms with van der Waals surface area (Å²) in [6.45, 7) is 2.24. The van der Waals surface area contributed by atoms with Crippen molar-refractivity contribution in [3.63, 3.8) is 0 Å². The van der Waals surface area contributed by atoms with E-state index in [1.165, 1.54) is 23.3 Å². The van der Waals surface area contributed by atoms with E-state index in [1.807, 2.05) is 17.8 Å². The van der Waals surface area contributed by atoms with Gasteiger partial charge in [0.05, 0.1) is 0 Å². The Labute approximate surface area is 108 Å². The first kappa shape index (κ1) is 12.8. The lowest BCUT2D eigenvalue weighted by atomic mass is 10.1. The first-order valence-corrected chi connectivity index (χ1v) is 7.70. The van der Waals surface area contributed by atoms with Crippen LogP contribution in [0, 0.1) is 0 Å². The van der Waals surface area contributed by atoms with Gasteiger partial charge in [-0.3, -0.25) is 0 Å². The standard InChI is InChI=1S/C14H21NOS/c1-3-11(9-17-2)15-14-7-4-10-8-12(16)5-6-13(10)14/h5-6,8,11,14-16H,3-4,7,9H2,1-2H3. The Morgan fingerprint density at radius 1 is 1.53 bits per heavy atom. The summed E-state index contributed by atoms with van der Waals surface area (Å²) in [6.07, 6.45) is 5.57. The Kier molecular flexibility index (Phi) is 4.35. The van der Waals surface area contributed by atoms with Crippen LogP contribution in [0.25, 0.3) is 0 Å². The molecular weight excluding hydrogens is 230 g/mol. The van der Waals surface area contributed by atoms with E-state index in [0.717, 1.165) is 12.8 Å². The molecule has 0 amide bonds. The van der Waals surface area contributed by atoms with Gasteiger partial charge in [0.1, 0.15) is 5.75 Å². The number of hydrogen-bond acceptors (Lipinski definition) is 3. The minimum absolute atomic E-state index is 0.389. The zero-order valence-corrected chi connectivity index (χ0v) is 11.4. The largest absolute Gasteiger partial charge is 0.508 e. The van der Waals surface area contributed by atoms with E-state index in [2.05, 4.69) is 24.6 Å². The van der Waals surface area contributed by atoms with Crippen molar-refractivity contribution in [3.8, 4) is 5.75 Å². The highest BCUT2D eigenvalue weighted by molar-refractivity contribution is 7.98. The second-order valence-electron chi connectivity index (χ2n) is 4.70. The molecule has 2 atom stereocenters. The van der Waals surface area contributed by atoms with Crippen LogP contribution >= 0.6 is 11.8 Å². The van der Waals surface area contributed by atoms with Gasteiger partial charge in [-0.05, 0) is 48.8 Å². The lowest BCUT2D eigenvalue weighted by Crippen LogP contribution is -2.33. The van der Waals surface area contributed by atoms with Gasteiger partial charge in [-0.15, -0.1) is 0 Å². The van der Waals surface area contributed by atoms with Gasteiger partial charge in [-0.25, -0.2) is 0 Å². The van der Waals surface area contributed by atoms with Gasteiger partial charge in [-0.1, -0.05) is 13.0 Å². The summed E-state index contributed by atoms with van der Waals surface area (Å²) in [7, 11) is 0. The molecule has 2 nitrogen and oxygen atoms in total.